The maximum Gasteiger partial charge on any atom is 0.316 e. The number of ether oxygens (including phenoxy) is 1. The molecule has 2 atom stereocenters. The Balaban J connectivity index is 1.81. The number of ketones is 1. The average molecular weight is 385 g/mol. The highest BCUT2D eigenvalue weighted by Crippen LogP contribution is 2.43. The summed E-state index contributed by atoms with van der Waals surface area (Å²) in [5.74, 6) is -0.544. The molecule has 3 rings (SSSR count). The highest BCUT2D eigenvalue weighted by atomic mass is 32.2. The number of Topliss-reactive ketones (excluding diaryl/α,β-unsaturated/α-hetero) is 1. The number of aryl methyl sites for hydroxylation is 1. The third-order valence-electron chi connectivity index (χ3n) is 3.86. The molecule has 2 aliphatic rings. The summed E-state index contributed by atoms with van der Waals surface area (Å²) in [4.78, 5) is 37.8. The molecule has 0 bridgehead atoms. The molecule has 0 radical (unpaired) electrons. The average Bonchev–Trinajstić information content (AvgIpc) is 2.95. The van der Waals surface area contributed by atoms with Gasteiger partial charge in [0.25, 0.3) is 11.7 Å². The highest BCUT2D eigenvalue weighted by Gasteiger charge is 2.57. The molecule has 0 aliphatic carbocycles. The molecule has 2 aliphatic heterocycles. The van der Waals surface area contributed by atoms with Crippen molar-refractivity contribution in [2.24, 2.45) is 12.5 Å². The number of carbonyl (C=O) groups excluding carboxylic acids is 3. The predicted molar refractivity (Wildman–Crippen MR) is 90.8 cm³/mol. The van der Waals surface area contributed by atoms with Crippen molar-refractivity contribution >= 4 is 41.2 Å². The van der Waals surface area contributed by atoms with Crippen molar-refractivity contribution in [2.75, 3.05) is 18.1 Å². The van der Waals surface area contributed by atoms with Gasteiger partial charge in [-0.25, -0.2) is 4.68 Å². The van der Waals surface area contributed by atoms with Gasteiger partial charge in [0.15, 0.2) is 0 Å². The van der Waals surface area contributed by atoms with E-state index in [2.05, 4.69) is 15.5 Å². The Kier molecular flexibility index (Phi) is 4.56. The molecule has 1 unspecified atom stereocenters. The molecule has 1 aromatic heterocycles. The van der Waals surface area contributed by atoms with Crippen molar-refractivity contribution in [1.82, 2.24) is 25.1 Å². The van der Waals surface area contributed by atoms with Crippen molar-refractivity contribution in [3.63, 3.8) is 0 Å². The number of hydrogen-bond acceptors (Lipinski definition) is 9. The summed E-state index contributed by atoms with van der Waals surface area (Å²) in [5.41, 5.74) is -1.56. The number of carbonyl (C=O) groups is 3. The fraction of sp³-hybridized carbons (Fsp3) is 0.714. The number of rotatable bonds is 4. The third kappa shape index (κ3) is 3.39. The van der Waals surface area contributed by atoms with Crippen LogP contribution in [-0.4, -0.2) is 71.8 Å². The Morgan fingerprint density at radius 3 is 2.76 bits per heavy atom. The largest absolute Gasteiger partial charge is 0.459 e. The zero-order chi connectivity index (χ0) is 18.4. The summed E-state index contributed by atoms with van der Waals surface area (Å²) in [6.45, 7) is 5.57. The molecule has 0 saturated carbocycles. The Hall–Kier alpha value is -1.62. The van der Waals surface area contributed by atoms with E-state index in [1.165, 1.54) is 33.1 Å². The minimum absolute atomic E-state index is 0.169. The Morgan fingerprint density at radius 1 is 1.44 bits per heavy atom. The van der Waals surface area contributed by atoms with E-state index in [-0.39, 0.29) is 12.5 Å². The van der Waals surface area contributed by atoms with Gasteiger partial charge in [-0.15, -0.1) is 16.9 Å². The molecule has 2 fully saturated rings. The lowest BCUT2D eigenvalue weighted by Gasteiger charge is -2.49. The molecular formula is C14H19N5O4S2. The van der Waals surface area contributed by atoms with Crippen LogP contribution in [0.4, 0.5) is 0 Å². The summed E-state index contributed by atoms with van der Waals surface area (Å²) in [5, 5.41) is 11.4. The van der Waals surface area contributed by atoms with Gasteiger partial charge in [0.1, 0.15) is 16.4 Å². The van der Waals surface area contributed by atoms with Crippen LogP contribution in [0, 0.1) is 5.41 Å². The summed E-state index contributed by atoms with van der Waals surface area (Å²) in [6, 6.07) is 0. The van der Waals surface area contributed by atoms with Gasteiger partial charge in [-0.1, -0.05) is 11.8 Å². The van der Waals surface area contributed by atoms with Gasteiger partial charge in [-0.3, -0.25) is 14.4 Å². The first-order valence-electron chi connectivity index (χ1n) is 7.68. The van der Waals surface area contributed by atoms with E-state index in [0.29, 0.717) is 16.7 Å². The molecule has 1 aromatic rings. The second-order valence-corrected chi connectivity index (χ2v) is 9.13. The second kappa shape index (κ2) is 6.27. The number of esters is 1. The monoisotopic (exact) mass is 385 g/mol. The minimum Gasteiger partial charge on any atom is -0.459 e. The molecule has 1 amide bonds. The fourth-order valence-electron chi connectivity index (χ4n) is 2.56. The number of hydrogen-bond donors (Lipinski definition) is 0. The normalized spacial score (nSPS) is 26.2. The molecule has 9 nitrogen and oxygen atoms in total. The molecule has 136 valence electrons. The van der Waals surface area contributed by atoms with Crippen LogP contribution in [0.5, 0.6) is 0 Å². The quantitative estimate of drug-likeness (QED) is 0.309. The van der Waals surface area contributed by atoms with E-state index in [1.807, 2.05) is 0 Å². The van der Waals surface area contributed by atoms with Crippen LogP contribution in [0.15, 0.2) is 5.16 Å². The smallest absolute Gasteiger partial charge is 0.316 e. The van der Waals surface area contributed by atoms with Crippen LogP contribution >= 0.6 is 23.5 Å². The summed E-state index contributed by atoms with van der Waals surface area (Å²) in [6.07, 6.45) is 0. The zero-order valence-electron chi connectivity index (χ0n) is 14.4. The predicted octanol–water partition coefficient (Wildman–Crippen LogP) is 0.114. The molecule has 0 aromatic carbocycles. The van der Waals surface area contributed by atoms with Crippen LogP contribution in [0.2, 0.25) is 0 Å². The van der Waals surface area contributed by atoms with Crippen LogP contribution in [-0.2, 0) is 26.2 Å². The van der Waals surface area contributed by atoms with Gasteiger partial charge < -0.3 is 9.64 Å². The van der Waals surface area contributed by atoms with Crippen LogP contribution in [0.1, 0.15) is 20.8 Å². The second-order valence-electron chi connectivity index (χ2n) is 7.12. The summed E-state index contributed by atoms with van der Waals surface area (Å²) < 4.78 is 7.12. The van der Waals surface area contributed by atoms with E-state index in [9.17, 15) is 14.4 Å². The lowest BCUT2D eigenvalue weighted by atomic mass is 9.89. The van der Waals surface area contributed by atoms with Gasteiger partial charge in [0, 0.05) is 25.1 Å². The van der Waals surface area contributed by atoms with Gasteiger partial charge in [0.2, 0.25) is 5.16 Å². The topological polar surface area (TPSA) is 107 Å². The van der Waals surface area contributed by atoms with Crippen LogP contribution in [0.25, 0.3) is 0 Å². The summed E-state index contributed by atoms with van der Waals surface area (Å²) >= 11 is 2.64. The highest BCUT2D eigenvalue weighted by molar-refractivity contribution is 8.01. The lowest BCUT2D eigenvalue weighted by Crippen LogP contribution is -2.68. The third-order valence-corrected chi connectivity index (χ3v) is 6.66. The van der Waals surface area contributed by atoms with Gasteiger partial charge in [-0.2, -0.15) is 0 Å². The first-order chi connectivity index (χ1) is 11.6. The number of fused-ring (bicyclic) bond motifs is 1. The number of β-lactam (4-membered cyclic amide) rings is 1. The first kappa shape index (κ1) is 18.2. The standard InChI is InChI=1S/C14H19N5O4S2/c1-13(2,3)23-11(22)14(7-25-12-15-16-17-18(12)4)5-19-9(21)8(20)10(19)24-6-14/h10H,5-7H2,1-4H3/t10-,14?/m1/s1. The number of nitrogens with zero attached hydrogens (tertiary/aromatic N) is 5. The lowest BCUT2D eigenvalue weighted by molar-refractivity contribution is -0.171. The minimum atomic E-state index is -0.915. The van der Waals surface area contributed by atoms with Crippen molar-refractivity contribution in [3.8, 4) is 0 Å². The molecule has 3 heterocycles. The Bertz CT molecular complexity index is 731. The van der Waals surface area contributed by atoms with Gasteiger partial charge in [0.05, 0.1) is 0 Å². The van der Waals surface area contributed by atoms with Crippen LogP contribution < -0.4 is 0 Å². The number of amides is 1. The molecule has 0 N–H and O–H groups in total. The molecule has 0 spiro atoms. The number of aromatic nitrogens is 4. The van der Waals surface area contributed by atoms with Crippen LogP contribution in [0.3, 0.4) is 0 Å². The molecular weight excluding hydrogens is 366 g/mol. The molecule has 11 heteroatoms. The van der Waals surface area contributed by atoms with Crippen molar-refractivity contribution < 1.29 is 19.1 Å². The van der Waals surface area contributed by atoms with E-state index in [4.69, 9.17) is 4.74 Å². The molecule has 2 saturated heterocycles. The number of tetrazole rings is 1. The van der Waals surface area contributed by atoms with E-state index in [1.54, 1.807) is 27.8 Å². The summed E-state index contributed by atoms with van der Waals surface area (Å²) in [7, 11) is 1.71. The van der Waals surface area contributed by atoms with E-state index < -0.39 is 28.1 Å². The van der Waals surface area contributed by atoms with Gasteiger partial charge in [-0.05, 0) is 31.2 Å². The first-order valence-corrected chi connectivity index (χ1v) is 9.71. The van der Waals surface area contributed by atoms with Crippen molar-refractivity contribution in [1.29, 1.82) is 0 Å². The zero-order valence-corrected chi connectivity index (χ0v) is 16.0. The fourth-order valence-corrected chi connectivity index (χ4v) is 5.12. The van der Waals surface area contributed by atoms with Crippen molar-refractivity contribution in [3.05, 3.63) is 0 Å². The van der Waals surface area contributed by atoms with Gasteiger partial charge >= 0.3 is 5.97 Å². The Morgan fingerprint density at radius 2 is 2.16 bits per heavy atom. The molecule has 25 heavy (non-hydrogen) atoms. The van der Waals surface area contributed by atoms with Crippen molar-refractivity contribution in [2.45, 2.75) is 36.9 Å². The Labute approximate surface area is 153 Å². The number of thioether (sulfide) groups is 2. The maximum absolute atomic E-state index is 12.9. The SMILES string of the molecule is Cn1nnnc1SCC1(C(=O)OC(C)(C)C)CS[C@@H]2C(=O)C(=O)N2C1. The van der Waals surface area contributed by atoms with E-state index >= 15 is 0 Å². The maximum atomic E-state index is 12.9. The van der Waals surface area contributed by atoms with E-state index in [0.717, 1.165) is 0 Å².